The van der Waals surface area contributed by atoms with Gasteiger partial charge in [0.15, 0.2) is 17.3 Å². The largest absolute Gasteiger partial charge is 0.490 e. The van der Waals surface area contributed by atoms with Crippen LogP contribution in [-0.2, 0) is 16.1 Å². The Kier molecular flexibility index (Phi) is 6.89. The predicted octanol–water partition coefficient (Wildman–Crippen LogP) is 6.17. The average Bonchev–Trinajstić information content (AvgIpc) is 3.19. The summed E-state index contributed by atoms with van der Waals surface area (Å²) in [6.07, 6.45) is 0. The van der Waals surface area contributed by atoms with E-state index < -0.39 is 11.9 Å². The topological polar surface area (TPSA) is 73.9 Å². The Morgan fingerprint density at radius 1 is 1.00 bits per heavy atom. The molecule has 1 heterocycles. The lowest BCUT2D eigenvalue weighted by molar-refractivity contribution is -0.136. The second kappa shape index (κ2) is 10.3. The van der Waals surface area contributed by atoms with Gasteiger partial charge in [-0.25, -0.2) is 4.79 Å². The highest BCUT2D eigenvalue weighted by atomic mass is 79.9. The molecule has 6 nitrogen and oxygen atoms in total. The molecule has 0 bridgehead atoms. The summed E-state index contributed by atoms with van der Waals surface area (Å²) in [5.41, 5.74) is 5.42. The first-order valence-electron chi connectivity index (χ1n) is 12.0. The van der Waals surface area contributed by atoms with Gasteiger partial charge in [-0.1, -0.05) is 54.6 Å². The van der Waals surface area contributed by atoms with E-state index in [2.05, 4.69) is 21.2 Å². The molecule has 1 atom stereocenters. The van der Waals surface area contributed by atoms with Crippen LogP contribution in [-0.4, -0.2) is 25.5 Å². The molecule has 0 saturated heterocycles. The average molecular weight is 560 g/mol. The zero-order chi connectivity index (χ0) is 26.1. The van der Waals surface area contributed by atoms with Crippen LogP contribution in [0.25, 0.3) is 5.70 Å². The van der Waals surface area contributed by atoms with Crippen LogP contribution in [0.1, 0.15) is 46.8 Å². The maximum absolute atomic E-state index is 13.7. The number of ketones is 1. The van der Waals surface area contributed by atoms with Crippen molar-refractivity contribution in [2.24, 2.45) is 0 Å². The van der Waals surface area contributed by atoms with Gasteiger partial charge in [0.2, 0.25) is 0 Å². The third kappa shape index (κ3) is 4.44. The van der Waals surface area contributed by atoms with E-state index in [1.54, 1.807) is 0 Å². The summed E-state index contributed by atoms with van der Waals surface area (Å²) >= 11 is 3.66. The van der Waals surface area contributed by atoms with Gasteiger partial charge in [-0.15, -0.1) is 0 Å². The van der Waals surface area contributed by atoms with E-state index in [0.29, 0.717) is 57.3 Å². The maximum atomic E-state index is 13.7. The highest BCUT2D eigenvalue weighted by Crippen LogP contribution is 2.49. The van der Waals surface area contributed by atoms with Crippen molar-refractivity contribution in [2.45, 2.75) is 26.4 Å². The number of carbonyl (C=O) groups is 2. The minimum Gasteiger partial charge on any atom is -0.490 e. The van der Waals surface area contributed by atoms with Crippen LogP contribution in [0.5, 0.6) is 11.5 Å². The summed E-state index contributed by atoms with van der Waals surface area (Å²) in [5, 5.41) is 3.30. The van der Waals surface area contributed by atoms with Crippen molar-refractivity contribution in [2.75, 3.05) is 13.7 Å². The maximum Gasteiger partial charge on any atom is 0.336 e. The third-order valence-electron chi connectivity index (χ3n) is 6.55. The number of fused-ring (bicyclic) bond motifs is 2. The van der Waals surface area contributed by atoms with E-state index in [1.165, 1.54) is 7.11 Å². The van der Waals surface area contributed by atoms with Crippen molar-refractivity contribution < 1.29 is 23.8 Å². The first-order chi connectivity index (χ1) is 17.9. The van der Waals surface area contributed by atoms with Gasteiger partial charge in [0.1, 0.15) is 6.61 Å². The molecule has 1 aliphatic carbocycles. The molecule has 0 fully saturated rings. The third-order valence-corrected chi connectivity index (χ3v) is 7.13. The van der Waals surface area contributed by atoms with Crippen molar-refractivity contribution in [1.82, 2.24) is 5.32 Å². The van der Waals surface area contributed by atoms with Crippen LogP contribution in [0.4, 0.5) is 0 Å². The van der Waals surface area contributed by atoms with E-state index in [1.807, 2.05) is 80.6 Å². The number of methoxy groups -OCH3 is 1. The van der Waals surface area contributed by atoms with E-state index in [0.717, 1.165) is 16.7 Å². The predicted molar refractivity (Wildman–Crippen MR) is 144 cm³/mol. The highest BCUT2D eigenvalue weighted by Gasteiger charge is 2.43. The Labute approximate surface area is 224 Å². The first-order valence-corrected chi connectivity index (χ1v) is 12.8. The summed E-state index contributed by atoms with van der Waals surface area (Å²) in [7, 11) is 1.34. The van der Waals surface area contributed by atoms with Crippen molar-refractivity contribution in [3.05, 3.63) is 110 Å². The number of rotatable bonds is 7. The molecule has 2 aliphatic rings. The summed E-state index contributed by atoms with van der Waals surface area (Å²) in [6.45, 7) is 4.50. The lowest BCUT2D eigenvalue weighted by Crippen LogP contribution is -2.29. The van der Waals surface area contributed by atoms with Gasteiger partial charge in [0.05, 0.1) is 29.5 Å². The molecule has 7 heteroatoms. The van der Waals surface area contributed by atoms with Gasteiger partial charge < -0.3 is 19.5 Å². The monoisotopic (exact) mass is 559 g/mol. The van der Waals surface area contributed by atoms with Crippen molar-refractivity contribution in [1.29, 1.82) is 0 Å². The molecule has 0 spiro atoms. The van der Waals surface area contributed by atoms with E-state index in [-0.39, 0.29) is 5.78 Å². The van der Waals surface area contributed by atoms with Crippen molar-refractivity contribution in [3.63, 3.8) is 0 Å². The number of carbonyl (C=O) groups excluding carboxylic acids is 2. The second-order valence-corrected chi connectivity index (χ2v) is 9.64. The van der Waals surface area contributed by atoms with Gasteiger partial charge in [-0.05, 0) is 53.0 Å². The molecule has 1 N–H and O–H groups in total. The van der Waals surface area contributed by atoms with E-state index >= 15 is 0 Å². The number of hydrogen-bond donors (Lipinski definition) is 1. The lowest BCUT2D eigenvalue weighted by atomic mass is 9.79. The van der Waals surface area contributed by atoms with Crippen LogP contribution in [0, 0.1) is 0 Å². The lowest BCUT2D eigenvalue weighted by Gasteiger charge is -2.29. The Bertz CT molecular complexity index is 1460. The Morgan fingerprint density at radius 3 is 2.41 bits per heavy atom. The molecule has 188 valence electrons. The van der Waals surface area contributed by atoms with E-state index in [9.17, 15) is 9.59 Å². The molecular weight excluding hydrogens is 534 g/mol. The Morgan fingerprint density at radius 2 is 1.70 bits per heavy atom. The Balaban J connectivity index is 1.63. The second-order valence-electron chi connectivity index (χ2n) is 8.79. The van der Waals surface area contributed by atoms with Crippen LogP contribution in [0.3, 0.4) is 0 Å². The molecule has 5 rings (SSSR count). The number of hydrogen-bond acceptors (Lipinski definition) is 6. The number of benzene rings is 3. The van der Waals surface area contributed by atoms with Crippen molar-refractivity contribution >= 4 is 33.4 Å². The normalized spacial score (nSPS) is 16.2. The summed E-state index contributed by atoms with van der Waals surface area (Å²) in [4.78, 5) is 26.7. The molecule has 0 radical (unpaired) electrons. The number of ether oxygens (including phenoxy) is 3. The zero-order valence-corrected chi connectivity index (χ0v) is 22.3. The quantitative estimate of drug-likeness (QED) is 0.349. The fourth-order valence-electron chi connectivity index (χ4n) is 4.93. The van der Waals surface area contributed by atoms with Crippen LogP contribution >= 0.6 is 15.9 Å². The highest BCUT2D eigenvalue weighted by molar-refractivity contribution is 9.10. The fourth-order valence-corrected chi connectivity index (χ4v) is 5.50. The molecule has 0 saturated carbocycles. The van der Waals surface area contributed by atoms with Crippen LogP contribution in [0.15, 0.2) is 88.0 Å². The Hall–Kier alpha value is -3.84. The smallest absolute Gasteiger partial charge is 0.336 e. The van der Waals surface area contributed by atoms with Gasteiger partial charge in [-0.3, -0.25) is 4.79 Å². The standard InChI is InChI=1S/C30H26BrNO5/c1-4-36-23-15-19(14-22(31)29(23)37-16-18-10-6-5-7-11-18)25-24(30(34)35-3)17(2)32-27-20-12-8-9-13-21(20)28(33)26(25)27/h5-15,25,32H,4,16H2,1-3H3. The van der Waals surface area contributed by atoms with Gasteiger partial charge in [0, 0.05) is 28.3 Å². The minimum absolute atomic E-state index is 0.115. The number of esters is 1. The molecule has 3 aromatic carbocycles. The minimum atomic E-state index is -0.651. The summed E-state index contributed by atoms with van der Waals surface area (Å²) in [6, 6.07) is 21.1. The summed E-state index contributed by atoms with van der Waals surface area (Å²) < 4.78 is 18.0. The summed E-state index contributed by atoms with van der Waals surface area (Å²) in [5.74, 6) is -0.186. The molecular formula is C30H26BrNO5. The molecule has 3 aromatic rings. The van der Waals surface area contributed by atoms with E-state index in [4.69, 9.17) is 14.2 Å². The number of nitrogens with one attached hydrogen (secondary N) is 1. The number of allylic oxidation sites excluding steroid dienone is 2. The fraction of sp³-hybridized carbons (Fsp3) is 0.200. The van der Waals surface area contributed by atoms with Gasteiger partial charge in [0.25, 0.3) is 0 Å². The molecule has 0 aromatic heterocycles. The zero-order valence-electron chi connectivity index (χ0n) is 20.8. The van der Waals surface area contributed by atoms with Crippen LogP contribution < -0.4 is 14.8 Å². The van der Waals surface area contributed by atoms with Crippen molar-refractivity contribution in [3.8, 4) is 11.5 Å². The SMILES string of the molecule is CCOc1cc(C2C(C(=O)OC)=C(C)NC3=C2C(=O)c2ccccc23)cc(Br)c1OCc1ccccc1. The number of Topliss-reactive ketones (excluding diaryl/α,β-unsaturated/α-hetero) is 1. The van der Waals surface area contributed by atoms with Gasteiger partial charge >= 0.3 is 5.97 Å². The number of halogens is 1. The first kappa shape index (κ1) is 24.8. The molecule has 37 heavy (non-hydrogen) atoms. The van der Waals surface area contributed by atoms with Crippen LogP contribution in [0.2, 0.25) is 0 Å². The molecule has 1 aliphatic heterocycles. The molecule has 0 amide bonds. The number of dihydropyridines is 1. The molecule has 1 unspecified atom stereocenters. The van der Waals surface area contributed by atoms with Gasteiger partial charge in [-0.2, -0.15) is 0 Å².